The van der Waals surface area contributed by atoms with E-state index in [2.05, 4.69) is 36.6 Å². The summed E-state index contributed by atoms with van der Waals surface area (Å²) < 4.78 is 123. The number of imidazole rings is 1. The molecule has 0 aliphatic carbocycles. The Balaban J connectivity index is 1.51. The lowest BCUT2D eigenvalue weighted by atomic mass is 9.96. The molecule has 0 spiro atoms. The molecule has 0 unspecified atom stereocenters. The first kappa shape index (κ1) is 97.3. The van der Waals surface area contributed by atoms with Gasteiger partial charge in [-0.05, 0) is 83.4 Å². The Labute approximate surface area is 688 Å². The van der Waals surface area contributed by atoms with Gasteiger partial charge in [0.15, 0.2) is 0 Å². The maximum atomic E-state index is 16.1. The fourth-order valence-corrected chi connectivity index (χ4v) is 13.1. The zero-order chi connectivity index (χ0) is 89.8. The van der Waals surface area contributed by atoms with Crippen LogP contribution in [0.2, 0.25) is 0 Å². The molecule has 10 atom stereocenters. The fourth-order valence-electron chi connectivity index (χ4n) is 13.1. The summed E-state index contributed by atoms with van der Waals surface area (Å²) in [6.07, 6.45) is -19.6. The molecule has 4 aromatic carbocycles. The Hall–Kier alpha value is -12.5. The van der Waals surface area contributed by atoms with Crippen LogP contribution in [-0.4, -0.2) is 223 Å². The number of amides is 13. The maximum Gasteiger partial charge on any atom is 0.471 e. The molecule has 6 rings (SSSR count). The number of hydrogen-bond donors (Lipinski definition) is 13. The van der Waals surface area contributed by atoms with Crippen LogP contribution in [0.15, 0.2) is 122 Å². The first-order valence-electron chi connectivity index (χ1n) is 38.6. The molecule has 0 radical (unpaired) electrons. The molecular formula is C80H98F9N15O17. The summed E-state index contributed by atoms with van der Waals surface area (Å²) >= 11 is 0. The largest absolute Gasteiger partial charge is 0.481 e. The molecule has 13 amide bonds. The number of alkyl halides is 9. The van der Waals surface area contributed by atoms with Crippen molar-refractivity contribution in [3.05, 3.63) is 161 Å². The second kappa shape index (κ2) is 45.1. The SMILES string of the molecule is CC[C@H](C)[C@H](NC(=O)[C@H](CC(=O)O)NC(=O)[C@H](CC(=O)O)NC(=O)C(F)(F)F)C(=O)N1CCCN(C(=O)[C@H](Cc2ccccc2)NC(=O)[C@H](Cc2ccccc2)NC(=O)[C@H](Cc2ccccc2)NC(=O)C(F)(F)F)Cc2cc(cc(C(N)=O)c2)CN(C(=O)[C@H](Cc2c[nH]cn2)NC(=O)[C@H](CC(C)C)NC(=O)[C@H](CC(C)C)NC(=O)C(F)(F)F)CCC1. The van der Waals surface area contributed by atoms with E-state index < -0.39 is 244 Å². The van der Waals surface area contributed by atoms with E-state index in [1.807, 2.05) is 5.32 Å². The highest BCUT2D eigenvalue weighted by molar-refractivity contribution is 6.00. The number of nitrogens with two attached hydrogens (primary N) is 1. The number of aromatic nitrogens is 2. The summed E-state index contributed by atoms with van der Waals surface area (Å²) in [7, 11) is 0. The van der Waals surface area contributed by atoms with Gasteiger partial charge in [-0.3, -0.25) is 71.9 Å². The van der Waals surface area contributed by atoms with Gasteiger partial charge in [-0.2, -0.15) is 39.5 Å². The highest BCUT2D eigenvalue weighted by atomic mass is 19.4. The van der Waals surface area contributed by atoms with Crippen LogP contribution < -0.4 is 53.6 Å². The molecule has 5 aromatic rings. The molecule has 14 N–H and O–H groups in total. The summed E-state index contributed by atoms with van der Waals surface area (Å²) in [4.78, 5) is 219. The van der Waals surface area contributed by atoms with E-state index in [1.54, 1.807) is 112 Å². The number of nitrogens with zero attached hydrogens (tertiary/aromatic N) is 4. The molecule has 0 saturated carbocycles. The number of fused-ring (bicyclic) bond motifs is 2. The molecule has 1 aliphatic rings. The number of benzene rings is 4. The third-order valence-electron chi connectivity index (χ3n) is 19.3. The predicted octanol–water partition coefficient (Wildman–Crippen LogP) is 3.90. The molecule has 2 heterocycles. The van der Waals surface area contributed by atoms with Crippen molar-refractivity contribution >= 4 is 88.7 Å². The third kappa shape index (κ3) is 31.6. The van der Waals surface area contributed by atoms with Gasteiger partial charge in [0.2, 0.25) is 59.1 Å². The summed E-state index contributed by atoms with van der Waals surface area (Å²) in [5.41, 5.74) is 7.27. The van der Waals surface area contributed by atoms with Crippen LogP contribution in [0, 0.1) is 17.8 Å². The fraction of sp³-hybridized carbons (Fsp3) is 0.475. The highest BCUT2D eigenvalue weighted by Crippen LogP contribution is 2.25. The van der Waals surface area contributed by atoms with Crippen molar-refractivity contribution in [1.82, 2.24) is 72.5 Å². The van der Waals surface area contributed by atoms with Crippen molar-refractivity contribution in [2.45, 2.75) is 198 Å². The number of nitrogens with one attached hydrogen (secondary N) is 10. The van der Waals surface area contributed by atoms with Gasteiger partial charge in [0.05, 0.1) is 24.9 Å². The van der Waals surface area contributed by atoms with Crippen LogP contribution in [0.4, 0.5) is 39.5 Å². The second-order valence-electron chi connectivity index (χ2n) is 30.0. The summed E-state index contributed by atoms with van der Waals surface area (Å²) in [5.74, 6) is -25.1. The van der Waals surface area contributed by atoms with E-state index in [9.17, 15) is 102 Å². The molecular weight excluding hydrogens is 1610 g/mol. The molecule has 32 nitrogen and oxygen atoms in total. The molecule has 2 bridgehead atoms. The van der Waals surface area contributed by atoms with Crippen molar-refractivity contribution < 1.29 is 122 Å². The van der Waals surface area contributed by atoms with Crippen molar-refractivity contribution in [2.75, 3.05) is 26.2 Å². The first-order chi connectivity index (χ1) is 56.8. The Morgan fingerprint density at radius 1 is 0.430 bits per heavy atom. The van der Waals surface area contributed by atoms with Gasteiger partial charge in [-0.1, -0.05) is 145 Å². The number of H-pyrrole nitrogens is 1. The number of carboxylic acids is 2. The topological polar surface area (TPSA) is 469 Å². The number of aliphatic carboxylic acids is 2. The Kier molecular flexibility index (Phi) is 36.3. The van der Waals surface area contributed by atoms with Crippen molar-refractivity contribution in [3.63, 3.8) is 0 Å². The van der Waals surface area contributed by atoms with Crippen LogP contribution >= 0.6 is 0 Å². The van der Waals surface area contributed by atoms with Gasteiger partial charge in [-0.25, -0.2) is 4.98 Å². The molecule has 0 fully saturated rings. The second-order valence-corrected chi connectivity index (χ2v) is 30.0. The quantitative estimate of drug-likeness (QED) is 0.0251. The van der Waals surface area contributed by atoms with Crippen LogP contribution in [0.1, 0.15) is 130 Å². The molecule has 1 aromatic heterocycles. The van der Waals surface area contributed by atoms with Crippen molar-refractivity contribution in [3.8, 4) is 0 Å². The standard InChI is InChI=1S/C80H98F9N15O17/c1-7-46(6)64(101-71(115)58(38-62(105)106)95-70(114)59(39-63(107)108)100-77(121)80(87,88)89)74(118)102-25-17-27-103(72(116)60(36-49-23-15-10-16-24-49)96-68(112)56(34-47-19-11-8-12-20-47)94-69(113)57(99-76(120)79(84,85)86)35-48-21-13-9-14-22-48)41-50-31-51(33-52(32-50)65(90)109)42-104(28-18-26-102)73(117)61(37-53-40-91-43-92-53)97-66(110)54(29-44(2)3)93-67(111)55(30-45(4)5)98-75(119)78(81,82)83/h8-16,19-24,31-33,40,43-46,54-61,64H,7,17-18,25-30,34-39,41-42H2,1-6H3,(H2,90,109)(H,91,92)(H,93,111)(H,94,113)(H,95,114)(H,96,112)(H,97,110)(H,98,119)(H,99,120)(H,100,121)(H,101,115)(H,105,106)(H,107,108)/t46-,54-,55-,56-,57-,58-,59-,60-,61-,64-/m0/s1. The Morgan fingerprint density at radius 2 is 0.760 bits per heavy atom. The number of rotatable bonds is 37. The minimum atomic E-state index is -5.67. The monoisotopic (exact) mass is 1710 g/mol. The molecule has 1 aliphatic heterocycles. The number of carbonyl (C=O) groups excluding carboxylic acids is 13. The summed E-state index contributed by atoms with van der Waals surface area (Å²) in [6, 6.07) is 10.5. The average Bonchev–Trinajstić information content (AvgIpc) is 1.26. The van der Waals surface area contributed by atoms with E-state index in [0.29, 0.717) is 16.7 Å². The van der Waals surface area contributed by atoms with Crippen molar-refractivity contribution in [1.29, 1.82) is 0 Å². The van der Waals surface area contributed by atoms with Gasteiger partial charge in [0.1, 0.15) is 54.4 Å². The zero-order valence-corrected chi connectivity index (χ0v) is 66.8. The van der Waals surface area contributed by atoms with Crippen LogP contribution in [-0.2, 0) is 106 Å². The molecule has 121 heavy (non-hydrogen) atoms. The van der Waals surface area contributed by atoms with E-state index in [4.69, 9.17) is 5.73 Å². The summed E-state index contributed by atoms with van der Waals surface area (Å²) in [6.45, 7) is 6.65. The third-order valence-corrected chi connectivity index (χ3v) is 19.3. The van der Waals surface area contributed by atoms with Crippen LogP contribution in [0.25, 0.3) is 0 Å². The van der Waals surface area contributed by atoms with E-state index in [-0.39, 0.29) is 67.3 Å². The van der Waals surface area contributed by atoms with Crippen LogP contribution in [0.5, 0.6) is 0 Å². The van der Waals surface area contributed by atoms with Gasteiger partial charge >= 0.3 is 48.2 Å². The highest BCUT2D eigenvalue weighted by Gasteiger charge is 2.46. The summed E-state index contributed by atoms with van der Waals surface area (Å²) in [5, 5.41) is 38.7. The number of primary amides is 1. The van der Waals surface area contributed by atoms with Crippen molar-refractivity contribution in [2.24, 2.45) is 23.5 Å². The average molecular weight is 1710 g/mol. The smallest absolute Gasteiger partial charge is 0.471 e. The molecule has 41 heteroatoms. The number of halogens is 9. The lowest BCUT2D eigenvalue weighted by Gasteiger charge is -2.35. The lowest BCUT2D eigenvalue weighted by Crippen LogP contribution is -2.59. The zero-order valence-electron chi connectivity index (χ0n) is 66.8. The van der Waals surface area contributed by atoms with E-state index >= 15 is 19.2 Å². The minimum absolute atomic E-state index is 0.0193. The number of hydrogen-bond acceptors (Lipinski definition) is 16. The van der Waals surface area contributed by atoms with E-state index in [1.165, 1.54) is 77.0 Å². The first-order valence-corrected chi connectivity index (χ1v) is 38.6. The predicted molar refractivity (Wildman–Crippen MR) is 413 cm³/mol. The van der Waals surface area contributed by atoms with Gasteiger partial charge in [0.25, 0.3) is 0 Å². The van der Waals surface area contributed by atoms with Gasteiger partial charge in [-0.15, -0.1) is 0 Å². The normalized spacial score (nSPS) is 15.5. The molecule has 658 valence electrons. The van der Waals surface area contributed by atoms with Crippen LogP contribution in [0.3, 0.4) is 0 Å². The maximum absolute atomic E-state index is 16.1. The molecule has 0 saturated heterocycles. The van der Waals surface area contributed by atoms with E-state index in [0.717, 1.165) is 4.90 Å². The number of aromatic amines is 1. The van der Waals surface area contributed by atoms with Gasteiger partial charge < -0.3 is 83.5 Å². The lowest BCUT2D eigenvalue weighted by molar-refractivity contribution is -0.175. The number of carboxylic acid groups (broad SMARTS) is 2. The Morgan fingerprint density at radius 3 is 1.15 bits per heavy atom. The Bertz CT molecular complexity index is 4430. The van der Waals surface area contributed by atoms with Gasteiger partial charge in [0, 0.05) is 76.7 Å². The number of carbonyl (C=O) groups is 15. The minimum Gasteiger partial charge on any atom is -0.481 e.